The van der Waals surface area contributed by atoms with Gasteiger partial charge in [0, 0.05) is 12.2 Å². The Kier molecular flexibility index (Phi) is 5.90. The highest BCUT2D eigenvalue weighted by Gasteiger charge is 2.24. The van der Waals surface area contributed by atoms with Crippen LogP contribution < -0.4 is 10.6 Å². The summed E-state index contributed by atoms with van der Waals surface area (Å²) in [7, 11) is 0. The maximum absolute atomic E-state index is 11.8. The lowest BCUT2D eigenvalue weighted by Crippen LogP contribution is -2.45. The molecule has 0 saturated carbocycles. The fraction of sp³-hybridized carbons (Fsp3) is 0.500. The highest BCUT2D eigenvalue weighted by atomic mass is 16.3. The van der Waals surface area contributed by atoms with Crippen LogP contribution in [0.3, 0.4) is 0 Å². The second-order valence-electron chi connectivity index (χ2n) is 5.44. The number of carbonyl (C=O) groups excluding carboxylic acids is 2. The predicted octanol–water partition coefficient (Wildman–Crippen LogP) is 1.91. The summed E-state index contributed by atoms with van der Waals surface area (Å²) < 4.78 is 0. The molecule has 0 aromatic heterocycles. The van der Waals surface area contributed by atoms with E-state index >= 15 is 0 Å². The Bertz CT molecular complexity index is 502. The van der Waals surface area contributed by atoms with Crippen LogP contribution in [0.1, 0.15) is 37.8 Å². The quantitative estimate of drug-likeness (QED) is 0.725. The van der Waals surface area contributed by atoms with Crippen LogP contribution in [0.25, 0.3) is 0 Å². The first-order valence-corrected chi connectivity index (χ1v) is 7.19. The Balaban J connectivity index is 2.61. The second-order valence-corrected chi connectivity index (χ2v) is 5.44. The molecule has 0 spiro atoms. The van der Waals surface area contributed by atoms with E-state index in [1.165, 1.54) is 0 Å². The Morgan fingerprint density at radius 3 is 2.05 bits per heavy atom. The van der Waals surface area contributed by atoms with Crippen LogP contribution in [0.5, 0.6) is 0 Å². The van der Waals surface area contributed by atoms with Gasteiger partial charge in [-0.25, -0.2) is 0 Å². The summed E-state index contributed by atoms with van der Waals surface area (Å²) in [6.07, 6.45) is 1.03. The summed E-state index contributed by atoms with van der Waals surface area (Å²) >= 11 is 0. The molecule has 0 unspecified atom stereocenters. The highest BCUT2D eigenvalue weighted by molar-refractivity contribution is 6.39. The van der Waals surface area contributed by atoms with E-state index in [9.17, 15) is 14.7 Å². The number of aryl methyl sites for hydroxylation is 2. The molecule has 0 bridgehead atoms. The molecule has 21 heavy (non-hydrogen) atoms. The zero-order valence-corrected chi connectivity index (χ0v) is 13.1. The van der Waals surface area contributed by atoms with Gasteiger partial charge >= 0.3 is 11.8 Å². The lowest BCUT2D eigenvalue weighted by Gasteiger charge is -2.25. The smallest absolute Gasteiger partial charge is 0.313 e. The van der Waals surface area contributed by atoms with Gasteiger partial charge in [-0.1, -0.05) is 19.9 Å². The molecule has 1 aromatic rings. The molecule has 1 rings (SSSR count). The minimum absolute atomic E-state index is 0.0686. The second kappa shape index (κ2) is 7.22. The lowest BCUT2D eigenvalue weighted by atomic mass is 9.98. The van der Waals surface area contributed by atoms with Crippen molar-refractivity contribution in [2.24, 2.45) is 0 Å². The maximum atomic E-state index is 11.8. The number of hydrogen-bond acceptors (Lipinski definition) is 3. The molecule has 2 amide bonds. The molecule has 0 aliphatic rings. The van der Waals surface area contributed by atoms with E-state index in [4.69, 9.17) is 0 Å². The number of amides is 2. The van der Waals surface area contributed by atoms with Crippen LogP contribution in [0.2, 0.25) is 0 Å². The Morgan fingerprint density at radius 1 is 1.05 bits per heavy atom. The van der Waals surface area contributed by atoms with Crippen molar-refractivity contribution in [3.8, 4) is 0 Å². The average molecular weight is 292 g/mol. The van der Waals surface area contributed by atoms with Crippen LogP contribution >= 0.6 is 0 Å². The summed E-state index contributed by atoms with van der Waals surface area (Å²) in [6.45, 7) is 7.59. The van der Waals surface area contributed by atoms with Crippen LogP contribution in [0.4, 0.5) is 5.69 Å². The summed E-state index contributed by atoms with van der Waals surface area (Å²) in [5.41, 5.74) is 1.65. The van der Waals surface area contributed by atoms with Crippen molar-refractivity contribution in [3.05, 3.63) is 29.3 Å². The molecule has 0 aliphatic carbocycles. The van der Waals surface area contributed by atoms with Gasteiger partial charge in [-0.15, -0.1) is 0 Å². The highest BCUT2D eigenvalue weighted by Crippen LogP contribution is 2.14. The molecule has 5 nitrogen and oxygen atoms in total. The van der Waals surface area contributed by atoms with Gasteiger partial charge in [0.15, 0.2) is 0 Å². The van der Waals surface area contributed by atoms with Crippen molar-refractivity contribution >= 4 is 17.5 Å². The van der Waals surface area contributed by atoms with E-state index in [-0.39, 0.29) is 6.54 Å². The molecular formula is C16H24N2O3. The zero-order valence-electron chi connectivity index (χ0n) is 13.1. The molecule has 1 aromatic carbocycles. The van der Waals surface area contributed by atoms with E-state index in [0.717, 1.165) is 11.1 Å². The fourth-order valence-electron chi connectivity index (χ4n) is 2.06. The molecule has 0 saturated heterocycles. The molecule has 3 N–H and O–H groups in total. The number of aliphatic hydroxyl groups is 1. The predicted molar refractivity (Wildman–Crippen MR) is 83.1 cm³/mol. The zero-order chi connectivity index (χ0) is 16.0. The van der Waals surface area contributed by atoms with Crippen LogP contribution in [0.15, 0.2) is 18.2 Å². The molecule has 0 fully saturated rings. The molecular weight excluding hydrogens is 268 g/mol. The van der Waals surface area contributed by atoms with Gasteiger partial charge in [0.05, 0.1) is 5.60 Å². The van der Waals surface area contributed by atoms with Crippen LogP contribution in [-0.4, -0.2) is 29.1 Å². The van der Waals surface area contributed by atoms with E-state index in [2.05, 4.69) is 10.6 Å². The van der Waals surface area contributed by atoms with E-state index < -0.39 is 17.4 Å². The SMILES string of the molecule is CCC(O)(CC)CNC(=O)C(=O)Nc1cc(C)cc(C)c1. The normalized spacial score (nSPS) is 11.1. The third kappa shape index (κ3) is 5.19. The summed E-state index contributed by atoms with van der Waals surface area (Å²) in [4.78, 5) is 23.6. The summed E-state index contributed by atoms with van der Waals surface area (Å²) in [6, 6.07) is 5.58. The van der Waals surface area contributed by atoms with Crippen molar-refractivity contribution < 1.29 is 14.7 Å². The lowest BCUT2D eigenvalue weighted by molar-refractivity contribution is -0.136. The molecule has 116 valence electrons. The minimum atomic E-state index is -0.962. The van der Waals surface area contributed by atoms with Crippen LogP contribution in [0, 0.1) is 13.8 Å². The van der Waals surface area contributed by atoms with Crippen molar-refractivity contribution in [3.63, 3.8) is 0 Å². The minimum Gasteiger partial charge on any atom is -0.388 e. The monoisotopic (exact) mass is 292 g/mol. The Labute approximate surface area is 125 Å². The Morgan fingerprint density at radius 2 is 1.57 bits per heavy atom. The number of benzene rings is 1. The topological polar surface area (TPSA) is 78.4 Å². The summed E-state index contributed by atoms with van der Waals surface area (Å²) in [5, 5.41) is 15.1. The largest absolute Gasteiger partial charge is 0.388 e. The van der Waals surface area contributed by atoms with Crippen LogP contribution in [-0.2, 0) is 9.59 Å². The average Bonchev–Trinajstić information content (AvgIpc) is 2.43. The van der Waals surface area contributed by atoms with E-state index in [1.807, 2.05) is 33.8 Å². The molecule has 0 atom stereocenters. The number of carbonyl (C=O) groups is 2. The van der Waals surface area contributed by atoms with E-state index in [1.54, 1.807) is 12.1 Å². The van der Waals surface area contributed by atoms with Crippen molar-refractivity contribution in [2.45, 2.75) is 46.1 Å². The molecule has 5 heteroatoms. The maximum Gasteiger partial charge on any atom is 0.313 e. The molecule has 0 radical (unpaired) electrons. The molecule has 0 heterocycles. The number of rotatable bonds is 5. The first-order chi connectivity index (χ1) is 9.79. The fourth-order valence-corrected chi connectivity index (χ4v) is 2.06. The Hall–Kier alpha value is -1.88. The first-order valence-electron chi connectivity index (χ1n) is 7.19. The van der Waals surface area contributed by atoms with Gasteiger partial charge in [-0.3, -0.25) is 9.59 Å². The van der Waals surface area contributed by atoms with Crippen molar-refractivity contribution in [1.82, 2.24) is 5.32 Å². The van der Waals surface area contributed by atoms with E-state index in [0.29, 0.717) is 18.5 Å². The molecule has 0 aliphatic heterocycles. The van der Waals surface area contributed by atoms with Gasteiger partial charge in [-0.2, -0.15) is 0 Å². The third-order valence-electron chi connectivity index (χ3n) is 3.58. The van der Waals surface area contributed by atoms with Gasteiger partial charge < -0.3 is 15.7 Å². The first kappa shape index (κ1) is 17.2. The number of anilines is 1. The summed E-state index contributed by atoms with van der Waals surface area (Å²) in [5.74, 6) is -1.47. The third-order valence-corrected chi connectivity index (χ3v) is 3.58. The van der Waals surface area contributed by atoms with Gasteiger partial charge in [0.1, 0.15) is 0 Å². The van der Waals surface area contributed by atoms with Crippen molar-refractivity contribution in [1.29, 1.82) is 0 Å². The van der Waals surface area contributed by atoms with Gasteiger partial charge in [0.25, 0.3) is 0 Å². The number of hydrogen-bond donors (Lipinski definition) is 3. The number of nitrogens with one attached hydrogen (secondary N) is 2. The van der Waals surface area contributed by atoms with Gasteiger partial charge in [-0.05, 0) is 49.9 Å². The standard InChI is InChI=1S/C16H24N2O3/c1-5-16(21,6-2)10-17-14(19)15(20)18-13-8-11(3)7-12(4)9-13/h7-9,21H,5-6,10H2,1-4H3,(H,17,19)(H,18,20). The van der Waals surface area contributed by atoms with Gasteiger partial charge in [0.2, 0.25) is 0 Å². The van der Waals surface area contributed by atoms with Crippen molar-refractivity contribution in [2.75, 3.05) is 11.9 Å².